The molecule has 0 aromatic carbocycles. The van der Waals surface area contributed by atoms with E-state index in [0.29, 0.717) is 12.1 Å². The van der Waals surface area contributed by atoms with E-state index >= 15 is 0 Å². The first kappa shape index (κ1) is 21.9. The van der Waals surface area contributed by atoms with Gasteiger partial charge in [0, 0.05) is 44.8 Å². The van der Waals surface area contributed by atoms with Gasteiger partial charge in [-0.15, -0.1) is 0 Å². The van der Waals surface area contributed by atoms with Crippen molar-refractivity contribution >= 4 is 0 Å². The largest absolute Gasteiger partial charge is 0.365 e. The molecule has 0 radical (unpaired) electrons. The van der Waals surface area contributed by atoms with Crippen molar-refractivity contribution in [1.82, 2.24) is 19.6 Å². The molecule has 3 fully saturated rings. The second-order valence-corrected chi connectivity index (χ2v) is 8.99. The first-order chi connectivity index (χ1) is 14.1. The van der Waals surface area contributed by atoms with Crippen LogP contribution in [0, 0.1) is 17.9 Å². The minimum absolute atomic E-state index is 0.264. The molecule has 160 valence electrons. The molecule has 3 rings (SSSR count). The molecule has 0 bridgehead atoms. The van der Waals surface area contributed by atoms with Crippen LogP contribution in [0.15, 0.2) is 11.5 Å². The van der Waals surface area contributed by atoms with Crippen molar-refractivity contribution in [1.29, 1.82) is 5.26 Å². The molecule has 3 heterocycles. The van der Waals surface area contributed by atoms with Gasteiger partial charge in [-0.1, -0.05) is 12.8 Å². The van der Waals surface area contributed by atoms with E-state index in [9.17, 15) is 5.26 Å². The molecule has 0 aromatic heterocycles. The average molecular weight is 399 g/mol. The van der Waals surface area contributed by atoms with E-state index in [2.05, 4.69) is 44.4 Å². The van der Waals surface area contributed by atoms with Crippen molar-refractivity contribution in [3.8, 4) is 6.07 Å². The molecule has 0 spiro atoms. The molecule has 2 atom stereocenters. The number of nitriles is 1. The van der Waals surface area contributed by atoms with E-state index < -0.39 is 0 Å². The predicted molar refractivity (Wildman–Crippen MR) is 117 cm³/mol. The number of hydrogen-bond acceptors (Lipinski definition) is 5. The predicted octanol–water partition coefficient (Wildman–Crippen LogP) is 3.35. The van der Waals surface area contributed by atoms with Gasteiger partial charge in [-0.25, -0.2) is 10.1 Å². The highest BCUT2D eigenvalue weighted by atomic mass is 15.4. The van der Waals surface area contributed by atoms with Crippen molar-refractivity contribution < 1.29 is 0 Å². The summed E-state index contributed by atoms with van der Waals surface area (Å²) in [5, 5.41) is 9.56. The first-order valence-electron chi connectivity index (χ1n) is 11.6. The van der Waals surface area contributed by atoms with Gasteiger partial charge in [-0.05, 0) is 65.6 Å². The number of nitrogens with zero attached hydrogens (tertiary/aromatic N) is 6. The van der Waals surface area contributed by atoms with Gasteiger partial charge in [0.15, 0.2) is 0 Å². The molecule has 0 aliphatic carbocycles. The molecule has 0 saturated carbocycles. The highest BCUT2D eigenvalue weighted by molar-refractivity contribution is 5.33. The Hall–Kier alpha value is -1.76. The Morgan fingerprint density at radius 2 is 1.59 bits per heavy atom. The fourth-order valence-electron chi connectivity index (χ4n) is 5.33. The Labute approximate surface area is 177 Å². The van der Waals surface area contributed by atoms with Gasteiger partial charge in [0.1, 0.15) is 5.82 Å². The summed E-state index contributed by atoms with van der Waals surface area (Å²) in [6.45, 7) is 20.5. The monoisotopic (exact) mass is 398 g/mol. The molecule has 3 aliphatic rings. The van der Waals surface area contributed by atoms with E-state index in [0.717, 1.165) is 51.5 Å². The lowest BCUT2D eigenvalue weighted by Crippen LogP contribution is -2.47. The van der Waals surface area contributed by atoms with Crippen molar-refractivity contribution in [2.75, 3.05) is 52.4 Å². The summed E-state index contributed by atoms with van der Waals surface area (Å²) >= 11 is 0. The topological polar surface area (TPSA) is 41.1 Å². The summed E-state index contributed by atoms with van der Waals surface area (Å²) in [4.78, 5) is 13.3. The Morgan fingerprint density at radius 1 is 0.931 bits per heavy atom. The number of rotatable bonds is 7. The fourth-order valence-corrected chi connectivity index (χ4v) is 5.33. The van der Waals surface area contributed by atoms with Crippen molar-refractivity contribution in [2.24, 2.45) is 0 Å². The number of allylic oxidation sites excluding steroid dienone is 1. The lowest BCUT2D eigenvalue weighted by atomic mass is 9.97. The third-order valence-corrected chi connectivity index (χ3v) is 7.02. The maximum atomic E-state index is 9.56. The van der Waals surface area contributed by atoms with Gasteiger partial charge in [0.2, 0.25) is 0 Å². The maximum absolute atomic E-state index is 9.56. The lowest BCUT2D eigenvalue weighted by molar-refractivity contribution is 0.0938. The van der Waals surface area contributed by atoms with Gasteiger partial charge in [0.05, 0.1) is 12.6 Å². The van der Waals surface area contributed by atoms with Gasteiger partial charge < -0.3 is 14.7 Å². The molecule has 29 heavy (non-hydrogen) atoms. The standard InChI is InChI=1S/C23H38N6/c1-20-9-7-10-21(2)29(20)18-17-28-16-15-27(23(28)22(19-24)25-3)14-8-13-26-11-5-4-6-12-26/h20-21H,4-18H2,1-2H3/t20-,21+. The average Bonchev–Trinajstić information content (AvgIpc) is 3.12. The van der Waals surface area contributed by atoms with Crippen LogP contribution in [0.25, 0.3) is 4.85 Å². The molecule has 6 heteroatoms. The molecule has 0 aromatic rings. The highest BCUT2D eigenvalue weighted by Gasteiger charge is 2.30. The van der Waals surface area contributed by atoms with E-state index in [1.54, 1.807) is 0 Å². The first-order valence-corrected chi connectivity index (χ1v) is 11.6. The van der Waals surface area contributed by atoms with Crippen LogP contribution >= 0.6 is 0 Å². The minimum Gasteiger partial charge on any atom is -0.365 e. The van der Waals surface area contributed by atoms with Crippen molar-refractivity contribution in [2.45, 2.75) is 70.9 Å². The minimum atomic E-state index is 0.264. The summed E-state index contributed by atoms with van der Waals surface area (Å²) in [5.41, 5.74) is 0.264. The molecule has 3 aliphatic heterocycles. The number of piperidine rings is 2. The SMILES string of the molecule is [C-]#[N+]C(C#N)=C1N(CCCN2CCCCC2)CCN1CCN1[C@H](C)CCC[C@@H]1C. The molecule has 0 amide bonds. The van der Waals surface area contributed by atoms with Crippen LogP contribution in [0.3, 0.4) is 0 Å². The summed E-state index contributed by atoms with van der Waals surface area (Å²) in [6, 6.07) is 3.43. The Bertz CT molecular complexity index is 613. The van der Waals surface area contributed by atoms with Crippen LogP contribution in [0.5, 0.6) is 0 Å². The summed E-state index contributed by atoms with van der Waals surface area (Å²) < 4.78 is 0. The van der Waals surface area contributed by atoms with Crippen molar-refractivity contribution in [3.05, 3.63) is 22.9 Å². The third kappa shape index (κ3) is 5.65. The highest BCUT2D eigenvalue weighted by Crippen LogP contribution is 2.26. The maximum Gasteiger partial charge on any atom is 0.300 e. The van der Waals surface area contributed by atoms with Crippen LogP contribution in [0.4, 0.5) is 0 Å². The van der Waals surface area contributed by atoms with Crippen LogP contribution in [0.1, 0.15) is 58.8 Å². The smallest absolute Gasteiger partial charge is 0.300 e. The fraction of sp³-hybridized carbons (Fsp3) is 0.826. The quantitative estimate of drug-likeness (QED) is 0.486. The zero-order chi connectivity index (χ0) is 20.6. The van der Waals surface area contributed by atoms with Gasteiger partial charge in [-0.3, -0.25) is 4.90 Å². The van der Waals surface area contributed by atoms with Crippen molar-refractivity contribution in [3.63, 3.8) is 0 Å². The Morgan fingerprint density at radius 3 is 2.21 bits per heavy atom. The molecule has 0 unspecified atom stereocenters. The lowest BCUT2D eigenvalue weighted by Gasteiger charge is -2.40. The second kappa shape index (κ2) is 10.9. The van der Waals surface area contributed by atoms with Crippen LogP contribution in [0.2, 0.25) is 0 Å². The molecule has 6 nitrogen and oxygen atoms in total. The third-order valence-electron chi connectivity index (χ3n) is 7.02. The van der Waals surface area contributed by atoms with Gasteiger partial charge in [-0.2, -0.15) is 0 Å². The zero-order valence-electron chi connectivity index (χ0n) is 18.4. The zero-order valence-corrected chi connectivity index (χ0v) is 18.4. The van der Waals surface area contributed by atoms with E-state index in [4.69, 9.17) is 6.57 Å². The summed E-state index contributed by atoms with van der Waals surface area (Å²) in [5.74, 6) is 0.887. The summed E-state index contributed by atoms with van der Waals surface area (Å²) in [7, 11) is 0. The van der Waals surface area contributed by atoms with Crippen LogP contribution in [-0.2, 0) is 0 Å². The number of hydrogen-bond donors (Lipinski definition) is 0. The summed E-state index contributed by atoms with van der Waals surface area (Å²) in [6.07, 6.45) is 9.01. The Kier molecular flexibility index (Phi) is 8.21. The molecular formula is C23H38N6. The van der Waals surface area contributed by atoms with Gasteiger partial charge in [0.25, 0.3) is 0 Å². The molecular weight excluding hydrogens is 360 g/mol. The normalized spacial score (nSPS) is 28.3. The Balaban J connectivity index is 1.58. The van der Waals surface area contributed by atoms with E-state index in [1.807, 2.05) is 0 Å². The van der Waals surface area contributed by atoms with Crippen LogP contribution in [-0.4, -0.2) is 84.0 Å². The molecule has 3 saturated heterocycles. The molecule has 0 N–H and O–H groups in total. The second-order valence-electron chi connectivity index (χ2n) is 8.99. The number of likely N-dealkylation sites (tertiary alicyclic amines) is 2. The van der Waals surface area contributed by atoms with E-state index in [1.165, 1.54) is 51.6 Å². The van der Waals surface area contributed by atoms with Crippen LogP contribution < -0.4 is 0 Å². The van der Waals surface area contributed by atoms with Gasteiger partial charge >= 0.3 is 5.70 Å². The van der Waals surface area contributed by atoms with E-state index in [-0.39, 0.29) is 5.70 Å².